The average Bonchev–Trinajstić information content (AvgIpc) is 2.52. The lowest BCUT2D eigenvalue weighted by molar-refractivity contribution is 0.561. The molecule has 1 aliphatic rings. The minimum Gasteiger partial charge on any atom is -0.367 e. The molecule has 0 unspecified atom stereocenters. The third kappa shape index (κ3) is 5.19. The van der Waals surface area contributed by atoms with E-state index in [2.05, 4.69) is 15.3 Å². The van der Waals surface area contributed by atoms with Crippen molar-refractivity contribution < 1.29 is 0 Å². The summed E-state index contributed by atoms with van der Waals surface area (Å²) >= 11 is 7.55. The van der Waals surface area contributed by atoms with Crippen LogP contribution in [0.25, 0.3) is 0 Å². The molecule has 0 amide bonds. The van der Waals surface area contributed by atoms with Crippen LogP contribution >= 0.6 is 23.4 Å². The van der Waals surface area contributed by atoms with Crippen LogP contribution in [0, 0.1) is 0 Å². The van der Waals surface area contributed by atoms with E-state index in [4.69, 9.17) is 11.6 Å². The average molecular weight is 300 g/mol. The molecule has 2 rings (SSSR count). The van der Waals surface area contributed by atoms with Crippen LogP contribution in [-0.2, 0) is 0 Å². The second-order valence-corrected chi connectivity index (χ2v) is 6.26. The molecular formula is C14H22ClN3S. The maximum Gasteiger partial charge on any atom is 0.190 e. The molecule has 0 aromatic carbocycles. The molecule has 106 valence electrons. The maximum atomic E-state index is 6.03. The highest BCUT2D eigenvalue weighted by molar-refractivity contribution is 7.98. The molecule has 0 aliphatic heterocycles. The van der Waals surface area contributed by atoms with Gasteiger partial charge in [0, 0.05) is 12.1 Å². The van der Waals surface area contributed by atoms with Gasteiger partial charge in [0.25, 0.3) is 0 Å². The number of rotatable bonds is 3. The van der Waals surface area contributed by atoms with Crippen molar-refractivity contribution in [3.63, 3.8) is 0 Å². The monoisotopic (exact) mass is 299 g/mol. The van der Waals surface area contributed by atoms with Crippen molar-refractivity contribution in [3.05, 3.63) is 11.2 Å². The van der Waals surface area contributed by atoms with E-state index < -0.39 is 0 Å². The SMILES string of the molecule is CSc1nc(Cl)cc(NC2CCCCCCCC2)n1. The Morgan fingerprint density at radius 3 is 2.37 bits per heavy atom. The molecular weight excluding hydrogens is 278 g/mol. The lowest BCUT2D eigenvalue weighted by Crippen LogP contribution is -2.20. The molecule has 0 bridgehead atoms. The van der Waals surface area contributed by atoms with Crippen LogP contribution in [0.4, 0.5) is 5.82 Å². The van der Waals surface area contributed by atoms with Crippen molar-refractivity contribution in [3.8, 4) is 0 Å². The van der Waals surface area contributed by atoms with Gasteiger partial charge in [0.2, 0.25) is 0 Å². The zero-order valence-electron chi connectivity index (χ0n) is 11.5. The Morgan fingerprint density at radius 1 is 1.11 bits per heavy atom. The van der Waals surface area contributed by atoms with E-state index >= 15 is 0 Å². The summed E-state index contributed by atoms with van der Waals surface area (Å²) in [7, 11) is 0. The molecule has 19 heavy (non-hydrogen) atoms. The summed E-state index contributed by atoms with van der Waals surface area (Å²) in [6, 6.07) is 2.35. The van der Waals surface area contributed by atoms with Crippen LogP contribution < -0.4 is 5.32 Å². The second-order valence-electron chi connectivity index (χ2n) is 5.10. The topological polar surface area (TPSA) is 37.8 Å². The number of nitrogens with one attached hydrogen (secondary N) is 1. The van der Waals surface area contributed by atoms with Gasteiger partial charge in [0.1, 0.15) is 11.0 Å². The first kappa shape index (κ1) is 14.9. The van der Waals surface area contributed by atoms with Crippen molar-refractivity contribution in [2.75, 3.05) is 11.6 Å². The Kier molecular flexibility index (Phi) is 6.24. The van der Waals surface area contributed by atoms with Gasteiger partial charge in [0.05, 0.1) is 0 Å². The Hall–Kier alpha value is -0.480. The van der Waals surface area contributed by atoms with E-state index in [9.17, 15) is 0 Å². The van der Waals surface area contributed by atoms with Gasteiger partial charge in [-0.15, -0.1) is 0 Å². The van der Waals surface area contributed by atoms with Crippen molar-refractivity contribution in [2.45, 2.75) is 62.6 Å². The highest BCUT2D eigenvalue weighted by Crippen LogP contribution is 2.22. The minimum atomic E-state index is 0.518. The number of halogens is 1. The molecule has 0 atom stereocenters. The third-order valence-corrected chi connectivity index (χ3v) is 4.31. The number of hydrogen-bond acceptors (Lipinski definition) is 4. The summed E-state index contributed by atoms with van der Waals surface area (Å²) in [6.07, 6.45) is 12.6. The summed E-state index contributed by atoms with van der Waals surface area (Å²) in [5, 5.41) is 4.80. The van der Waals surface area contributed by atoms with Crippen molar-refractivity contribution >= 4 is 29.2 Å². The maximum absolute atomic E-state index is 6.03. The predicted octanol–water partition coefficient (Wildman–Crippen LogP) is 4.77. The van der Waals surface area contributed by atoms with Crippen LogP contribution in [0.2, 0.25) is 5.15 Å². The van der Waals surface area contributed by atoms with Gasteiger partial charge in [0.15, 0.2) is 5.16 Å². The molecule has 0 saturated heterocycles. The molecule has 0 radical (unpaired) electrons. The highest BCUT2D eigenvalue weighted by atomic mass is 35.5. The van der Waals surface area contributed by atoms with Gasteiger partial charge in [-0.25, -0.2) is 9.97 Å². The van der Waals surface area contributed by atoms with Crippen molar-refractivity contribution in [1.82, 2.24) is 9.97 Å². The zero-order valence-corrected chi connectivity index (χ0v) is 13.1. The van der Waals surface area contributed by atoms with Crippen molar-refractivity contribution in [1.29, 1.82) is 0 Å². The first-order valence-corrected chi connectivity index (χ1v) is 8.73. The van der Waals surface area contributed by atoms with Gasteiger partial charge in [-0.05, 0) is 19.1 Å². The van der Waals surface area contributed by atoms with Crippen LogP contribution in [0.1, 0.15) is 51.4 Å². The standard InChI is InChI=1S/C14H22ClN3S/c1-19-14-17-12(15)10-13(18-14)16-11-8-6-4-2-3-5-7-9-11/h10-11H,2-9H2,1H3,(H,16,17,18). The van der Waals surface area contributed by atoms with Gasteiger partial charge in [-0.2, -0.15) is 0 Å². The fourth-order valence-corrected chi connectivity index (χ4v) is 3.16. The minimum absolute atomic E-state index is 0.518. The van der Waals surface area contributed by atoms with E-state index in [1.165, 1.54) is 63.1 Å². The van der Waals surface area contributed by atoms with Gasteiger partial charge in [-0.1, -0.05) is 61.9 Å². The molecule has 1 aromatic rings. The lowest BCUT2D eigenvalue weighted by atomic mass is 10.1. The number of nitrogens with zero attached hydrogens (tertiary/aromatic N) is 2. The highest BCUT2D eigenvalue weighted by Gasteiger charge is 2.12. The normalized spacial score (nSPS) is 18.4. The predicted molar refractivity (Wildman–Crippen MR) is 83.2 cm³/mol. The summed E-state index contributed by atoms with van der Waals surface area (Å²) in [5.74, 6) is 0.869. The van der Waals surface area contributed by atoms with E-state index in [0.717, 1.165) is 11.0 Å². The molecule has 0 spiro atoms. The van der Waals surface area contributed by atoms with Crippen LogP contribution in [-0.4, -0.2) is 22.3 Å². The van der Waals surface area contributed by atoms with Crippen LogP contribution in [0.5, 0.6) is 0 Å². The molecule has 1 heterocycles. The number of thioether (sulfide) groups is 1. The van der Waals surface area contributed by atoms with E-state index in [-0.39, 0.29) is 0 Å². The largest absolute Gasteiger partial charge is 0.367 e. The number of hydrogen-bond donors (Lipinski definition) is 1. The summed E-state index contributed by atoms with van der Waals surface area (Å²) in [4.78, 5) is 8.65. The Morgan fingerprint density at radius 2 is 1.74 bits per heavy atom. The number of aromatic nitrogens is 2. The van der Waals surface area contributed by atoms with E-state index in [1.54, 1.807) is 0 Å². The fraction of sp³-hybridized carbons (Fsp3) is 0.714. The Balaban J connectivity index is 1.99. The number of anilines is 1. The van der Waals surface area contributed by atoms with E-state index in [1.807, 2.05) is 12.3 Å². The van der Waals surface area contributed by atoms with Gasteiger partial charge >= 0.3 is 0 Å². The Labute approximate surface area is 124 Å². The molecule has 1 N–H and O–H groups in total. The second kappa shape index (κ2) is 7.95. The molecule has 1 saturated carbocycles. The lowest BCUT2D eigenvalue weighted by Gasteiger charge is -2.18. The molecule has 1 fully saturated rings. The molecule has 3 nitrogen and oxygen atoms in total. The van der Waals surface area contributed by atoms with Crippen LogP contribution in [0.15, 0.2) is 11.2 Å². The summed E-state index contributed by atoms with van der Waals surface area (Å²) in [6.45, 7) is 0. The molecule has 5 heteroatoms. The summed E-state index contributed by atoms with van der Waals surface area (Å²) < 4.78 is 0. The fourth-order valence-electron chi connectivity index (χ4n) is 2.55. The Bertz CT molecular complexity index is 390. The van der Waals surface area contributed by atoms with Crippen LogP contribution in [0.3, 0.4) is 0 Å². The molecule has 1 aliphatic carbocycles. The quantitative estimate of drug-likeness (QED) is 0.496. The van der Waals surface area contributed by atoms with Gasteiger partial charge < -0.3 is 5.32 Å². The van der Waals surface area contributed by atoms with Gasteiger partial charge in [-0.3, -0.25) is 0 Å². The van der Waals surface area contributed by atoms with Crippen molar-refractivity contribution in [2.24, 2.45) is 0 Å². The summed E-state index contributed by atoms with van der Waals surface area (Å²) in [5.41, 5.74) is 0. The first-order chi connectivity index (χ1) is 9.28. The molecule has 1 aromatic heterocycles. The smallest absolute Gasteiger partial charge is 0.190 e. The third-order valence-electron chi connectivity index (χ3n) is 3.56. The zero-order chi connectivity index (χ0) is 13.5. The first-order valence-electron chi connectivity index (χ1n) is 7.13. The van der Waals surface area contributed by atoms with E-state index in [0.29, 0.717) is 11.2 Å².